The number of hydrogen-bond acceptors (Lipinski definition) is 4. The highest BCUT2D eigenvalue weighted by Crippen LogP contribution is 2.33. The second-order valence-corrected chi connectivity index (χ2v) is 6.24. The Kier molecular flexibility index (Phi) is 5.66. The van der Waals surface area contributed by atoms with Crippen molar-refractivity contribution in [3.05, 3.63) is 44.3 Å². The van der Waals surface area contributed by atoms with Crippen LogP contribution in [-0.2, 0) is 13.2 Å². The van der Waals surface area contributed by atoms with Crippen LogP contribution in [0.3, 0.4) is 0 Å². The molecular weight excluding hydrogens is 315 g/mol. The third-order valence-electron chi connectivity index (χ3n) is 2.63. The van der Waals surface area contributed by atoms with Crippen LogP contribution in [0.15, 0.2) is 23.0 Å². The average Bonchev–Trinajstić information content (AvgIpc) is 2.88. The van der Waals surface area contributed by atoms with E-state index in [4.69, 9.17) is 27.9 Å². The summed E-state index contributed by atoms with van der Waals surface area (Å²) in [6, 6.07) is 3.94. The van der Waals surface area contributed by atoms with Crippen molar-refractivity contribution in [2.45, 2.75) is 33.0 Å². The number of ether oxygens (including phenoxy) is 1. The lowest BCUT2D eigenvalue weighted by Gasteiger charge is -2.15. The molecule has 1 N–H and O–H groups in total. The van der Waals surface area contributed by atoms with Gasteiger partial charge in [0.2, 0.25) is 0 Å². The Balaban J connectivity index is 2.16. The molecule has 0 spiro atoms. The minimum atomic E-state index is 0.374. The summed E-state index contributed by atoms with van der Waals surface area (Å²) in [6.45, 7) is 5.23. The number of hydrogen-bond donors (Lipinski definition) is 1. The van der Waals surface area contributed by atoms with Gasteiger partial charge in [-0.2, -0.15) is 0 Å². The fourth-order valence-electron chi connectivity index (χ4n) is 1.68. The highest BCUT2D eigenvalue weighted by Gasteiger charge is 2.12. The zero-order valence-corrected chi connectivity index (χ0v) is 13.6. The Morgan fingerprint density at radius 1 is 1.35 bits per heavy atom. The van der Waals surface area contributed by atoms with Crippen molar-refractivity contribution in [1.29, 1.82) is 0 Å². The molecule has 20 heavy (non-hydrogen) atoms. The summed E-state index contributed by atoms with van der Waals surface area (Å²) in [5.41, 5.74) is 3.62. The summed E-state index contributed by atoms with van der Waals surface area (Å²) in [5.74, 6) is 0.664. The molecule has 0 bridgehead atoms. The Labute approximate surface area is 132 Å². The molecule has 3 nitrogen and oxygen atoms in total. The van der Waals surface area contributed by atoms with Gasteiger partial charge in [-0.15, -0.1) is 11.3 Å². The van der Waals surface area contributed by atoms with Gasteiger partial charge in [-0.1, -0.05) is 37.0 Å². The molecule has 0 saturated carbocycles. The zero-order valence-electron chi connectivity index (χ0n) is 11.3. The first-order chi connectivity index (χ1) is 9.56. The molecule has 1 aromatic carbocycles. The maximum absolute atomic E-state index is 6.24. The molecule has 0 saturated heterocycles. The molecule has 0 atom stereocenters. The minimum Gasteiger partial charge on any atom is -0.485 e. The second-order valence-electron chi connectivity index (χ2n) is 4.68. The van der Waals surface area contributed by atoms with Gasteiger partial charge >= 0.3 is 0 Å². The molecule has 1 aromatic heterocycles. The van der Waals surface area contributed by atoms with E-state index in [0.29, 0.717) is 35.0 Å². The van der Waals surface area contributed by atoms with E-state index in [0.717, 1.165) is 11.3 Å². The standard InChI is InChI=1S/C14H16Cl2N2OS/c1-9(2)17-5-10-3-11(15)4-13(16)14(10)19-6-12-7-20-8-18-12/h3-4,7-9,17H,5-6H2,1-2H3. The largest absolute Gasteiger partial charge is 0.485 e. The zero-order chi connectivity index (χ0) is 14.5. The van der Waals surface area contributed by atoms with Crippen molar-refractivity contribution in [1.82, 2.24) is 10.3 Å². The maximum atomic E-state index is 6.24. The van der Waals surface area contributed by atoms with Crippen molar-refractivity contribution < 1.29 is 4.74 Å². The van der Waals surface area contributed by atoms with Crippen molar-refractivity contribution in [3.8, 4) is 5.75 Å². The number of rotatable bonds is 6. The molecule has 0 aliphatic carbocycles. The predicted octanol–water partition coefficient (Wildman–Crippen LogP) is 4.53. The topological polar surface area (TPSA) is 34.1 Å². The first-order valence-electron chi connectivity index (χ1n) is 6.27. The van der Waals surface area contributed by atoms with E-state index < -0.39 is 0 Å². The van der Waals surface area contributed by atoms with Crippen molar-refractivity contribution in [2.75, 3.05) is 0 Å². The maximum Gasteiger partial charge on any atom is 0.143 e. The fourth-order valence-corrected chi connectivity index (χ4v) is 2.81. The average molecular weight is 331 g/mol. The number of benzene rings is 1. The van der Waals surface area contributed by atoms with Gasteiger partial charge in [-0.05, 0) is 12.1 Å². The van der Waals surface area contributed by atoms with Gasteiger partial charge in [0, 0.05) is 28.6 Å². The van der Waals surface area contributed by atoms with Crippen LogP contribution in [0.25, 0.3) is 0 Å². The summed E-state index contributed by atoms with van der Waals surface area (Å²) in [7, 11) is 0. The molecule has 2 aromatic rings. The minimum absolute atomic E-state index is 0.374. The summed E-state index contributed by atoms with van der Waals surface area (Å²) in [6.07, 6.45) is 0. The van der Waals surface area contributed by atoms with E-state index in [9.17, 15) is 0 Å². The van der Waals surface area contributed by atoms with Crippen LogP contribution in [0, 0.1) is 0 Å². The molecule has 0 aliphatic rings. The van der Waals surface area contributed by atoms with E-state index in [1.165, 1.54) is 0 Å². The Bertz CT molecular complexity index is 559. The van der Waals surface area contributed by atoms with E-state index in [1.54, 1.807) is 22.9 Å². The Morgan fingerprint density at radius 2 is 2.15 bits per heavy atom. The third kappa shape index (κ3) is 4.35. The predicted molar refractivity (Wildman–Crippen MR) is 84.9 cm³/mol. The lowest BCUT2D eigenvalue weighted by atomic mass is 10.2. The number of halogens is 2. The smallest absolute Gasteiger partial charge is 0.143 e. The van der Waals surface area contributed by atoms with E-state index in [-0.39, 0.29) is 0 Å². The van der Waals surface area contributed by atoms with Crippen molar-refractivity contribution >= 4 is 34.5 Å². The molecule has 2 rings (SSSR count). The first kappa shape index (κ1) is 15.6. The molecule has 0 amide bonds. The van der Waals surface area contributed by atoms with E-state index >= 15 is 0 Å². The first-order valence-corrected chi connectivity index (χ1v) is 7.97. The summed E-state index contributed by atoms with van der Waals surface area (Å²) < 4.78 is 5.81. The van der Waals surface area contributed by atoms with Gasteiger partial charge in [-0.3, -0.25) is 0 Å². The quantitative estimate of drug-likeness (QED) is 0.845. The summed E-state index contributed by atoms with van der Waals surface area (Å²) >= 11 is 13.8. The molecule has 1 heterocycles. The highest BCUT2D eigenvalue weighted by atomic mass is 35.5. The van der Waals surface area contributed by atoms with Crippen LogP contribution in [0.4, 0.5) is 0 Å². The normalized spacial score (nSPS) is 11.1. The fraction of sp³-hybridized carbons (Fsp3) is 0.357. The van der Waals surface area contributed by atoms with Crippen LogP contribution < -0.4 is 10.1 Å². The van der Waals surface area contributed by atoms with E-state index in [2.05, 4.69) is 24.1 Å². The van der Waals surface area contributed by atoms with Crippen molar-refractivity contribution in [3.63, 3.8) is 0 Å². The van der Waals surface area contributed by atoms with Gasteiger partial charge in [-0.25, -0.2) is 4.98 Å². The molecule has 108 valence electrons. The highest BCUT2D eigenvalue weighted by molar-refractivity contribution is 7.07. The Morgan fingerprint density at radius 3 is 2.80 bits per heavy atom. The van der Waals surface area contributed by atoms with Crippen molar-refractivity contribution in [2.24, 2.45) is 0 Å². The molecule has 0 fully saturated rings. The molecule has 6 heteroatoms. The SMILES string of the molecule is CC(C)NCc1cc(Cl)cc(Cl)c1OCc1cscn1. The second kappa shape index (κ2) is 7.27. The van der Waals surface area contributed by atoms with Crippen LogP contribution in [-0.4, -0.2) is 11.0 Å². The van der Waals surface area contributed by atoms with Gasteiger partial charge in [0.25, 0.3) is 0 Å². The number of thiazole rings is 1. The van der Waals surface area contributed by atoms with Crippen LogP contribution in [0.2, 0.25) is 10.0 Å². The van der Waals surface area contributed by atoms with Gasteiger partial charge < -0.3 is 10.1 Å². The summed E-state index contributed by atoms with van der Waals surface area (Å²) in [4.78, 5) is 4.19. The number of nitrogens with zero attached hydrogens (tertiary/aromatic N) is 1. The Hall–Kier alpha value is -0.810. The molecular formula is C14H16Cl2N2OS. The molecule has 0 unspecified atom stereocenters. The third-order valence-corrected chi connectivity index (χ3v) is 3.77. The summed E-state index contributed by atoms with van der Waals surface area (Å²) in [5, 5.41) is 6.42. The lowest BCUT2D eigenvalue weighted by Crippen LogP contribution is -2.22. The van der Waals surface area contributed by atoms with Crippen LogP contribution in [0.5, 0.6) is 5.75 Å². The van der Waals surface area contributed by atoms with Crippen LogP contribution >= 0.6 is 34.5 Å². The lowest BCUT2D eigenvalue weighted by molar-refractivity contribution is 0.298. The molecule has 0 aliphatic heterocycles. The number of aromatic nitrogens is 1. The van der Waals surface area contributed by atoms with Crippen LogP contribution in [0.1, 0.15) is 25.1 Å². The van der Waals surface area contributed by atoms with E-state index in [1.807, 2.05) is 11.4 Å². The monoisotopic (exact) mass is 330 g/mol. The van der Waals surface area contributed by atoms with Gasteiger partial charge in [0.05, 0.1) is 16.2 Å². The molecule has 0 radical (unpaired) electrons. The van der Waals surface area contributed by atoms with Gasteiger partial charge in [0.1, 0.15) is 12.4 Å². The van der Waals surface area contributed by atoms with Gasteiger partial charge in [0.15, 0.2) is 0 Å². The number of nitrogens with one attached hydrogen (secondary N) is 1.